The predicted octanol–water partition coefficient (Wildman–Crippen LogP) is 1.15. The summed E-state index contributed by atoms with van der Waals surface area (Å²) in [4.78, 5) is 34.2. The lowest BCUT2D eigenvalue weighted by Crippen LogP contribution is -2.39. The van der Waals surface area contributed by atoms with Gasteiger partial charge in [0.2, 0.25) is 11.8 Å². The van der Waals surface area contributed by atoms with Crippen LogP contribution in [0.5, 0.6) is 0 Å². The monoisotopic (exact) mass is 234 g/mol. The zero-order valence-electron chi connectivity index (χ0n) is 9.68. The topological polar surface area (TPSA) is 57.7 Å². The fraction of sp³-hybridized carbons (Fsp3) is 0.250. The Bertz CT molecular complexity index is 407. The largest absolute Gasteiger partial charge is 0.294 e. The van der Waals surface area contributed by atoms with Crippen LogP contribution in [-0.2, 0) is 14.4 Å². The second kappa shape index (κ2) is 5.25. The van der Waals surface area contributed by atoms with Crippen molar-refractivity contribution in [3.63, 3.8) is 0 Å². The third-order valence-electron chi connectivity index (χ3n) is 2.34. The lowest BCUT2D eigenvalue weighted by molar-refractivity contribution is -0.149. The molecule has 0 atom stereocenters. The molecule has 1 aliphatic heterocycles. The van der Waals surface area contributed by atoms with Crippen LogP contribution in [0.1, 0.15) is 19.8 Å². The first-order valence-corrected chi connectivity index (χ1v) is 5.13. The number of nitrogens with zero attached hydrogens (tertiary/aromatic N) is 2. The number of ketones is 1. The van der Waals surface area contributed by atoms with Gasteiger partial charge in [0.1, 0.15) is 0 Å². The average Bonchev–Trinajstić information content (AvgIpc) is 2.61. The molecule has 1 aliphatic rings. The molecular weight excluding hydrogens is 220 g/mol. The highest BCUT2D eigenvalue weighted by Crippen LogP contribution is 2.16. The maximum atomic E-state index is 11.5. The lowest BCUT2D eigenvalue weighted by Gasteiger charge is -2.25. The lowest BCUT2D eigenvalue weighted by atomic mass is 10.2. The van der Waals surface area contributed by atoms with Crippen LogP contribution in [0.3, 0.4) is 0 Å². The second-order valence-electron chi connectivity index (χ2n) is 3.51. The Morgan fingerprint density at radius 1 is 1.29 bits per heavy atom. The van der Waals surface area contributed by atoms with E-state index < -0.39 is 0 Å². The molecule has 0 spiro atoms. The normalized spacial score (nSPS) is 16.1. The molecule has 17 heavy (non-hydrogen) atoms. The Morgan fingerprint density at radius 3 is 2.18 bits per heavy atom. The van der Waals surface area contributed by atoms with Crippen molar-refractivity contribution in [1.82, 2.24) is 10.0 Å². The van der Waals surface area contributed by atoms with Crippen molar-refractivity contribution in [2.45, 2.75) is 19.8 Å². The maximum absolute atomic E-state index is 11.5. The molecule has 0 unspecified atom stereocenters. The first kappa shape index (κ1) is 12.9. The van der Waals surface area contributed by atoms with E-state index in [4.69, 9.17) is 0 Å². The fourth-order valence-electron chi connectivity index (χ4n) is 1.44. The van der Waals surface area contributed by atoms with Gasteiger partial charge in [-0.1, -0.05) is 19.2 Å². The van der Waals surface area contributed by atoms with Crippen molar-refractivity contribution in [3.05, 3.63) is 37.2 Å². The Labute approximate surface area is 99.7 Å². The van der Waals surface area contributed by atoms with E-state index in [0.717, 1.165) is 5.01 Å². The molecule has 5 nitrogen and oxygen atoms in total. The van der Waals surface area contributed by atoms with Gasteiger partial charge in [0.05, 0.1) is 0 Å². The number of allylic oxidation sites excluding steroid dienone is 2. The molecular formula is C12H14N2O3. The van der Waals surface area contributed by atoms with Crippen LogP contribution in [0, 0.1) is 0 Å². The molecule has 0 aromatic rings. The van der Waals surface area contributed by atoms with Crippen LogP contribution in [0.25, 0.3) is 0 Å². The molecule has 0 aromatic carbocycles. The fourth-order valence-corrected chi connectivity index (χ4v) is 1.44. The molecule has 1 fully saturated rings. The Morgan fingerprint density at radius 2 is 1.82 bits per heavy atom. The molecule has 2 amide bonds. The standard InChI is InChI=1S/C12H14N2O3/c1-4-10(9(3)15)8-13(5-2)14-11(16)6-7-12(14)17/h4-5,8H,1-2,6-7H2,3H3/b10-8+. The van der Waals surface area contributed by atoms with Crippen molar-refractivity contribution in [2.75, 3.05) is 0 Å². The minimum Gasteiger partial charge on any atom is -0.294 e. The van der Waals surface area contributed by atoms with Gasteiger partial charge in [0.15, 0.2) is 5.78 Å². The quantitative estimate of drug-likeness (QED) is 0.407. The number of hydrazine groups is 1. The molecule has 0 bridgehead atoms. The van der Waals surface area contributed by atoms with E-state index in [1.54, 1.807) is 0 Å². The summed E-state index contributed by atoms with van der Waals surface area (Å²) in [6.45, 7) is 8.38. The molecule has 0 N–H and O–H groups in total. The van der Waals surface area contributed by atoms with Crippen LogP contribution in [0.4, 0.5) is 0 Å². The summed E-state index contributed by atoms with van der Waals surface area (Å²) in [7, 11) is 0. The van der Waals surface area contributed by atoms with E-state index in [1.807, 2.05) is 0 Å². The molecule has 5 heteroatoms. The summed E-state index contributed by atoms with van der Waals surface area (Å²) in [5.74, 6) is -0.817. The number of imide groups is 1. The van der Waals surface area contributed by atoms with Gasteiger partial charge in [0.25, 0.3) is 0 Å². The molecule has 0 aromatic heterocycles. The highest BCUT2D eigenvalue weighted by molar-refractivity contribution is 6.01. The van der Waals surface area contributed by atoms with Gasteiger partial charge >= 0.3 is 0 Å². The third kappa shape index (κ3) is 2.69. The zero-order chi connectivity index (χ0) is 13.0. The van der Waals surface area contributed by atoms with Crippen molar-refractivity contribution < 1.29 is 14.4 Å². The summed E-state index contributed by atoms with van der Waals surface area (Å²) in [5, 5.41) is 2.19. The number of amides is 2. The summed E-state index contributed by atoms with van der Waals surface area (Å²) in [6.07, 6.45) is 4.39. The first-order valence-electron chi connectivity index (χ1n) is 5.13. The molecule has 0 radical (unpaired) electrons. The van der Waals surface area contributed by atoms with E-state index in [9.17, 15) is 14.4 Å². The van der Waals surface area contributed by atoms with Crippen LogP contribution in [0.15, 0.2) is 37.2 Å². The second-order valence-corrected chi connectivity index (χ2v) is 3.51. The first-order chi connectivity index (χ1) is 8.01. The van der Waals surface area contributed by atoms with Crippen LogP contribution in [-0.4, -0.2) is 27.6 Å². The van der Waals surface area contributed by atoms with Crippen molar-refractivity contribution in [3.8, 4) is 0 Å². The third-order valence-corrected chi connectivity index (χ3v) is 2.34. The van der Waals surface area contributed by atoms with Crippen LogP contribution < -0.4 is 0 Å². The van der Waals surface area contributed by atoms with Gasteiger partial charge < -0.3 is 0 Å². The highest BCUT2D eigenvalue weighted by Gasteiger charge is 2.32. The summed E-state index contributed by atoms with van der Waals surface area (Å²) in [5.41, 5.74) is 0.303. The Hall–Kier alpha value is -2.17. The maximum Gasteiger partial charge on any atom is 0.249 e. The number of Topliss-reactive ketones (excluding diaryl/α,β-unsaturated/α-hetero) is 1. The van der Waals surface area contributed by atoms with Crippen molar-refractivity contribution >= 4 is 17.6 Å². The number of rotatable bonds is 5. The minimum atomic E-state index is -0.307. The highest BCUT2D eigenvalue weighted by atomic mass is 16.2. The summed E-state index contributed by atoms with van der Waals surface area (Å²) < 4.78 is 0. The number of hydrogen-bond donors (Lipinski definition) is 0. The molecule has 1 rings (SSSR count). The average molecular weight is 234 g/mol. The van der Waals surface area contributed by atoms with Crippen LogP contribution in [0.2, 0.25) is 0 Å². The SMILES string of the molecule is C=C/C(=C\N(C=C)N1C(=O)CCC1=O)C(C)=O. The van der Waals surface area contributed by atoms with E-state index >= 15 is 0 Å². The minimum absolute atomic E-state index is 0.181. The Balaban J connectivity index is 3.03. The molecule has 1 heterocycles. The van der Waals surface area contributed by atoms with Gasteiger partial charge in [-0.05, 0) is 6.92 Å². The van der Waals surface area contributed by atoms with Gasteiger partial charge in [-0.2, -0.15) is 5.01 Å². The van der Waals surface area contributed by atoms with Crippen molar-refractivity contribution in [1.29, 1.82) is 0 Å². The molecule has 0 saturated carbocycles. The van der Waals surface area contributed by atoms with E-state index in [1.165, 1.54) is 30.4 Å². The number of hydrogen-bond acceptors (Lipinski definition) is 4. The molecule has 0 aliphatic carbocycles. The number of carbonyl (C=O) groups is 3. The smallest absolute Gasteiger partial charge is 0.249 e. The zero-order valence-corrected chi connectivity index (χ0v) is 9.68. The van der Waals surface area contributed by atoms with E-state index in [0.29, 0.717) is 5.57 Å². The van der Waals surface area contributed by atoms with Gasteiger partial charge in [-0.25, -0.2) is 0 Å². The summed E-state index contributed by atoms with van der Waals surface area (Å²) in [6, 6.07) is 0. The Kier molecular flexibility index (Phi) is 3.98. The predicted molar refractivity (Wildman–Crippen MR) is 62.1 cm³/mol. The summed E-state index contributed by atoms with van der Waals surface area (Å²) >= 11 is 0. The van der Waals surface area contributed by atoms with Crippen LogP contribution >= 0.6 is 0 Å². The number of carbonyl (C=O) groups excluding carboxylic acids is 3. The molecule has 90 valence electrons. The van der Waals surface area contributed by atoms with E-state index in [2.05, 4.69) is 13.2 Å². The van der Waals surface area contributed by atoms with Gasteiger partial charge in [0, 0.05) is 30.8 Å². The van der Waals surface area contributed by atoms with Crippen molar-refractivity contribution in [2.24, 2.45) is 0 Å². The molecule has 1 saturated heterocycles. The van der Waals surface area contributed by atoms with E-state index in [-0.39, 0.29) is 30.4 Å². The van der Waals surface area contributed by atoms with Gasteiger partial charge in [-0.15, -0.1) is 0 Å². The van der Waals surface area contributed by atoms with Gasteiger partial charge in [-0.3, -0.25) is 19.4 Å².